The molecule has 2 rings (SSSR count). The fourth-order valence-corrected chi connectivity index (χ4v) is 2.09. The highest BCUT2D eigenvalue weighted by Crippen LogP contribution is 2.25. The lowest BCUT2D eigenvalue weighted by Crippen LogP contribution is -2.09. The van der Waals surface area contributed by atoms with Gasteiger partial charge in [-0.05, 0) is 24.0 Å². The minimum absolute atomic E-state index is 0.443. The van der Waals surface area contributed by atoms with Gasteiger partial charge in [0.2, 0.25) is 5.88 Å². The molecule has 0 aliphatic rings. The minimum atomic E-state index is 0.443. The van der Waals surface area contributed by atoms with Crippen LogP contribution in [0.25, 0.3) is 0 Å². The van der Waals surface area contributed by atoms with Crippen molar-refractivity contribution in [3.05, 3.63) is 41.7 Å². The molecule has 0 amide bonds. The molecule has 1 heterocycles. The normalized spacial score (nSPS) is 10.4. The minimum Gasteiger partial charge on any atom is -0.476 e. The summed E-state index contributed by atoms with van der Waals surface area (Å²) < 4.78 is 5.51. The Morgan fingerprint density at radius 3 is 2.62 bits per heavy atom. The maximum atomic E-state index is 6.05. The first-order valence-corrected chi connectivity index (χ1v) is 7.30. The van der Waals surface area contributed by atoms with Crippen LogP contribution in [0.5, 0.6) is 5.88 Å². The van der Waals surface area contributed by atoms with Gasteiger partial charge in [0, 0.05) is 6.54 Å². The molecular formula is C16H22N4O. The molecule has 1 aromatic carbocycles. The quantitative estimate of drug-likeness (QED) is 0.818. The van der Waals surface area contributed by atoms with Crippen LogP contribution in [0.15, 0.2) is 30.6 Å². The summed E-state index contributed by atoms with van der Waals surface area (Å²) in [5.74, 6) is 1.06. The lowest BCUT2D eigenvalue weighted by molar-refractivity contribution is 0.306. The Balaban J connectivity index is 2.09. The third kappa shape index (κ3) is 3.84. The van der Waals surface area contributed by atoms with Gasteiger partial charge in [-0.15, -0.1) is 0 Å². The molecule has 0 unspecified atom stereocenters. The van der Waals surface area contributed by atoms with Crippen molar-refractivity contribution >= 4 is 11.5 Å². The molecule has 0 fully saturated rings. The Hall–Kier alpha value is -2.30. The van der Waals surface area contributed by atoms with Gasteiger partial charge in [-0.1, -0.05) is 38.1 Å². The van der Waals surface area contributed by atoms with E-state index in [0.29, 0.717) is 30.5 Å². The van der Waals surface area contributed by atoms with Crippen LogP contribution in [0.4, 0.5) is 11.5 Å². The van der Waals surface area contributed by atoms with Crippen LogP contribution in [-0.2, 0) is 13.0 Å². The van der Waals surface area contributed by atoms with E-state index in [0.717, 1.165) is 12.8 Å². The average molecular weight is 286 g/mol. The number of hydrogen-bond donors (Lipinski definition) is 2. The van der Waals surface area contributed by atoms with Crippen molar-refractivity contribution in [2.24, 2.45) is 0 Å². The van der Waals surface area contributed by atoms with Crippen LogP contribution in [0.1, 0.15) is 31.4 Å². The standard InChI is InChI=1S/C16H22N4O/c1-3-9-21-16-14(17)15(19-11-20-16)18-10-13-8-6-5-7-12(13)4-2/h5-8,11H,3-4,9-10,17H2,1-2H3,(H,18,19,20). The van der Waals surface area contributed by atoms with E-state index in [1.807, 2.05) is 13.0 Å². The first kappa shape index (κ1) is 15.1. The van der Waals surface area contributed by atoms with Crippen LogP contribution in [0.2, 0.25) is 0 Å². The summed E-state index contributed by atoms with van der Waals surface area (Å²) in [7, 11) is 0. The monoisotopic (exact) mass is 286 g/mol. The van der Waals surface area contributed by atoms with Gasteiger partial charge >= 0.3 is 0 Å². The molecule has 5 heteroatoms. The summed E-state index contributed by atoms with van der Waals surface area (Å²) in [6.07, 6.45) is 3.38. The van der Waals surface area contributed by atoms with E-state index in [4.69, 9.17) is 10.5 Å². The largest absolute Gasteiger partial charge is 0.476 e. The number of hydrogen-bond acceptors (Lipinski definition) is 5. The summed E-state index contributed by atoms with van der Waals surface area (Å²) in [6, 6.07) is 8.33. The molecule has 0 bridgehead atoms. The Labute approximate surface area is 125 Å². The molecule has 3 N–H and O–H groups in total. The Kier molecular flexibility index (Phi) is 5.37. The average Bonchev–Trinajstić information content (AvgIpc) is 2.53. The third-order valence-corrected chi connectivity index (χ3v) is 3.24. The second-order valence-corrected chi connectivity index (χ2v) is 4.77. The number of rotatable bonds is 7. The van der Waals surface area contributed by atoms with Crippen molar-refractivity contribution in [1.82, 2.24) is 9.97 Å². The van der Waals surface area contributed by atoms with E-state index in [2.05, 4.69) is 40.4 Å². The maximum absolute atomic E-state index is 6.05. The number of nitrogens with two attached hydrogens (primary N) is 1. The van der Waals surface area contributed by atoms with Crippen molar-refractivity contribution in [3.8, 4) is 5.88 Å². The number of nitrogens with zero attached hydrogens (tertiary/aromatic N) is 2. The van der Waals surface area contributed by atoms with Gasteiger partial charge in [0.15, 0.2) is 5.82 Å². The van der Waals surface area contributed by atoms with Gasteiger partial charge in [-0.3, -0.25) is 0 Å². The maximum Gasteiger partial charge on any atom is 0.242 e. The van der Waals surface area contributed by atoms with E-state index in [1.165, 1.54) is 17.5 Å². The van der Waals surface area contributed by atoms with E-state index in [-0.39, 0.29) is 0 Å². The molecule has 0 saturated heterocycles. The Morgan fingerprint density at radius 1 is 1.14 bits per heavy atom. The number of nitrogens with one attached hydrogen (secondary N) is 1. The number of nitrogen functional groups attached to an aromatic ring is 1. The van der Waals surface area contributed by atoms with Crippen molar-refractivity contribution < 1.29 is 4.74 Å². The van der Waals surface area contributed by atoms with Crippen LogP contribution in [0, 0.1) is 0 Å². The first-order chi connectivity index (χ1) is 10.3. The molecule has 21 heavy (non-hydrogen) atoms. The van der Waals surface area contributed by atoms with Crippen LogP contribution in [0.3, 0.4) is 0 Å². The lowest BCUT2D eigenvalue weighted by Gasteiger charge is -2.13. The molecule has 0 saturated carbocycles. The predicted octanol–water partition coefficient (Wildman–Crippen LogP) is 3.02. The first-order valence-electron chi connectivity index (χ1n) is 7.30. The van der Waals surface area contributed by atoms with Gasteiger partial charge in [0.25, 0.3) is 0 Å². The third-order valence-electron chi connectivity index (χ3n) is 3.24. The Bertz CT molecular complexity index is 586. The van der Waals surface area contributed by atoms with Crippen molar-refractivity contribution in [3.63, 3.8) is 0 Å². The zero-order valence-electron chi connectivity index (χ0n) is 12.6. The zero-order chi connectivity index (χ0) is 15.1. The van der Waals surface area contributed by atoms with Gasteiger partial charge < -0.3 is 15.8 Å². The van der Waals surface area contributed by atoms with Gasteiger partial charge in [-0.25, -0.2) is 4.98 Å². The second kappa shape index (κ2) is 7.47. The molecule has 2 aromatic rings. The Morgan fingerprint density at radius 2 is 1.90 bits per heavy atom. The molecule has 1 aromatic heterocycles. The van der Waals surface area contributed by atoms with Crippen molar-refractivity contribution in [1.29, 1.82) is 0 Å². The van der Waals surface area contributed by atoms with E-state index in [9.17, 15) is 0 Å². The van der Waals surface area contributed by atoms with E-state index >= 15 is 0 Å². The molecule has 0 aliphatic carbocycles. The van der Waals surface area contributed by atoms with E-state index < -0.39 is 0 Å². The molecular weight excluding hydrogens is 264 g/mol. The highest BCUT2D eigenvalue weighted by Gasteiger charge is 2.09. The summed E-state index contributed by atoms with van der Waals surface area (Å²) in [4.78, 5) is 8.26. The second-order valence-electron chi connectivity index (χ2n) is 4.77. The molecule has 0 radical (unpaired) electrons. The SMILES string of the molecule is CCCOc1ncnc(NCc2ccccc2CC)c1N. The number of ether oxygens (including phenoxy) is 1. The van der Waals surface area contributed by atoms with Crippen LogP contribution >= 0.6 is 0 Å². The number of benzene rings is 1. The smallest absolute Gasteiger partial charge is 0.242 e. The summed E-state index contributed by atoms with van der Waals surface area (Å²) in [5.41, 5.74) is 9.07. The predicted molar refractivity (Wildman–Crippen MR) is 85.4 cm³/mol. The molecule has 5 nitrogen and oxygen atoms in total. The van der Waals surface area contributed by atoms with Gasteiger partial charge in [-0.2, -0.15) is 4.98 Å². The van der Waals surface area contributed by atoms with Crippen LogP contribution < -0.4 is 15.8 Å². The molecule has 0 aliphatic heterocycles. The summed E-state index contributed by atoms with van der Waals surface area (Å²) in [6.45, 7) is 5.46. The van der Waals surface area contributed by atoms with Crippen LogP contribution in [-0.4, -0.2) is 16.6 Å². The zero-order valence-corrected chi connectivity index (χ0v) is 12.6. The summed E-state index contributed by atoms with van der Waals surface area (Å²) in [5, 5.41) is 3.26. The number of aromatic nitrogens is 2. The van der Waals surface area contributed by atoms with E-state index in [1.54, 1.807) is 0 Å². The topological polar surface area (TPSA) is 73.1 Å². The fourth-order valence-electron chi connectivity index (χ4n) is 2.09. The van der Waals surface area contributed by atoms with Gasteiger partial charge in [0.05, 0.1) is 6.61 Å². The van der Waals surface area contributed by atoms with Gasteiger partial charge in [0.1, 0.15) is 12.0 Å². The highest BCUT2D eigenvalue weighted by atomic mass is 16.5. The molecule has 0 atom stereocenters. The highest BCUT2D eigenvalue weighted by molar-refractivity contribution is 5.66. The molecule has 0 spiro atoms. The number of aryl methyl sites for hydroxylation is 1. The van der Waals surface area contributed by atoms with Crippen molar-refractivity contribution in [2.45, 2.75) is 33.2 Å². The summed E-state index contributed by atoms with van der Waals surface area (Å²) >= 11 is 0. The number of anilines is 2. The fraction of sp³-hybridized carbons (Fsp3) is 0.375. The lowest BCUT2D eigenvalue weighted by atomic mass is 10.1. The van der Waals surface area contributed by atoms with Crippen molar-refractivity contribution in [2.75, 3.05) is 17.7 Å². The molecule has 112 valence electrons.